The summed E-state index contributed by atoms with van der Waals surface area (Å²) in [7, 11) is 0. The summed E-state index contributed by atoms with van der Waals surface area (Å²) >= 11 is 0. The van der Waals surface area contributed by atoms with Crippen LogP contribution in [0.3, 0.4) is 0 Å². The van der Waals surface area contributed by atoms with Crippen LogP contribution < -0.4 is 5.32 Å². The Morgan fingerprint density at radius 1 is 1.42 bits per heavy atom. The number of hydrogen-bond acceptors (Lipinski definition) is 2. The van der Waals surface area contributed by atoms with Crippen molar-refractivity contribution in [1.82, 2.24) is 10.2 Å². The van der Waals surface area contributed by atoms with E-state index in [1.807, 2.05) is 0 Å². The molecular formula is C14H20N2O3. The predicted molar refractivity (Wildman–Crippen MR) is 70.4 cm³/mol. The molecule has 2 aliphatic rings. The molecule has 2 amide bonds. The first-order valence-corrected chi connectivity index (χ1v) is 6.86. The first-order chi connectivity index (χ1) is 9.15. The molecule has 0 aromatic heterocycles. The molecule has 1 saturated carbocycles. The lowest BCUT2D eigenvalue weighted by Crippen LogP contribution is -2.48. The number of nitrogens with zero attached hydrogens (tertiary/aromatic N) is 1. The molecule has 1 heterocycles. The van der Waals surface area contributed by atoms with Crippen molar-refractivity contribution in [2.75, 3.05) is 13.1 Å². The highest BCUT2D eigenvalue weighted by molar-refractivity contribution is 5.83. The van der Waals surface area contributed by atoms with Crippen LogP contribution in [0.15, 0.2) is 0 Å². The number of hydrogen-bond donors (Lipinski definition) is 2. The van der Waals surface area contributed by atoms with Crippen LogP contribution in [0.5, 0.6) is 0 Å². The van der Waals surface area contributed by atoms with Gasteiger partial charge in [0.15, 0.2) is 0 Å². The van der Waals surface area contributed by atoms with Gasteiger partial charge in [0.2, 0.25) is 0 Å². The second-order valence-electron chi connectivity index (χ2n) is 5.33. The molecule has 1 saturated heterocycles. The zero-order chi connectivity index (χ0) is 13.8. The van der Waals surface area contributed by atoms with Gasteiger partial charge in [-0.15, -0.1) is 12.3 Å². The molecule has 5 nitrogen and oxygen atoms in total. The van der Waals surface area contributed by atoms with Crippen LogP contribution in [0.4, 0.5) is 4.79 Å². The van der Waals surface area contributed by atoms with Crippen LogP contribution in [-0.2, 0) is 4.79 Å². The maximum atomic E-state index is 12.1. The van der Waals surface area contributed by atoms with Gasteiger partial charge in [-0.25, -0.2) is 9.59 Å². The minimum Gasteiger partial charge on any atom is -0.480 e. The maximum absolute atomic E-state index is 12.1. The Bertz CT molecular complexity index is 402. The van der Waals surface area contributed by atoms with E-state index in [1.54, 1.807) is 0 Å². The van der Waals surface area contributed by atoms with Gasteiger partial charge in [0.25, 0.3) is 0 Å². The molecule has 0 bridgehead atoms. The van der Waals surface area contributed by atoms with Gasteiger partial charge in [0.1, 0.15) is 6.04 Å². The number of carboxylic acid groups (broad SMARTS) is 1. The molecule has 3 atom stereocenters. The average Bonchev–Trinajstić information content (AvgIpc) is 2.93. The molecular weight excluding hydrogens is 244 g/mol. The number of carbonyl (C=O) groups excluding carboxylic acids is 1. The van der Waals surface area contributed by atoms with Crippen molar-refractivity contribution in [2.24, 2.45) is 11.8 Å². The van der Waals surface area contributed by atoms with E-state index in [2.05, 4.69) is 11.2 Å². The number of unbranched alkanes of at least 4 members (excludes halogenated alkanes) is 1. The fourth-order valence-electron chi connectivity index (χ4n) is 3.32. The highest BCUT2D eigenvalue weighted by Crippen LogP contribution is 2.42. The van der Waals surface area contributed by atoms with Crippen LogP contribution in [0.25, 0.3) is 0 Å². The standard InChI is InChI=1S/C14H20N2O3/c1-2-3-4-8-15-14(19)16-9-10-6-5-7-11(10)12(16)13(17)18/h1,10-12H,3-9H2,(H,15,19)(H,17,18). The second kappa shape index (κ2) is 5.96. The molecule has 0 radical (unpaired) electrons. The molecule has 2 fully saturated rings. The summed E-state index contributed by atoms with van der Waals surface area (Å²) in [5.74, 6) is 2.12. The SMILES string of the molecule is C#CCCCNC(=O)N1CC2CCCC2C1C(=O)O. The van der Waals surface area contributed by atoms with Crippen molar-refractivity contribution < 1.29 is 14.7 Å². The predicted octanol–water partition coefficient (Wildman–Crippen LogP) is 1.29. The van der Waals surface area contributed by atoms with Crippen LogP contribution in [0, 0.1) is 24.2 Å². The van der Waals surface area contributed by atoms with Crippen molar-refractivity contribution >= 4 is 12.0 Å². The van der Waals surface area contributed by atoms with E-state index in [1.165, 1.54) is 4.90 Å². The molecule has 1 aliphatic carbocycles. The topological polar surface area (TPSA) is 69.6 Å². The number of amides is 2. The lowest BCUT2D eigenvalue weighted by atomic mass is 9.94. The first-order valence-electron chi connectivity index (χ1n) is 6.86. The van der Waals surface area contributed by atoms with Gasteiger partial charge in [-0.2, -0.15) is 0 Å². The highest BCUT2D eigenvalue weighted by atomic mass is 16.4. The van der Waals surface area contributed by atoms with E-state index in [9.17, 15) is 14.7 Å². The van der Waals surface area contributed by atoms with E-state index in [0.29, 0.717) is 25.4 Å². The Kier molecular flexibility index (Phi) is 4.31. The Hall–Kier alpha value is -1.70. The maximum Gasteiger partial charge on any atom is 0.326 e. The summed E-state index contributed by atoms with van der Waals surface area (Å²) in [4.78, 5) is 24.9. The van der Waals surface area contributed by atoms with E-state index in [-0.39, 0.29) is 11.9 Å². The number of carbonyl (C=O) groups is 2. The Labute approximate surface area is 113 Å². The molecule has 104 valence electrons. The third kappa shape index (κ3) is 2.83. The zero-order valence-corrected chi connectivity index (χ0v) is 11.0. The van der Waals surface area contributed by atoms with Gasteiger partial charge >= 0.3 is 12.0 Å². The van der Waals surface area contributed by atoms with Crippen molar-refractivity contribution in [3.8, 4) is 12.3 Å². The fourth-order valence-corrected chi connectivity index (χ4v) is 3.32. The Morgan fingerprint density at radius 2 is 2.21 bits per heavy atom. The molecule has 0 aromatic carbocycles. The summed E-state index contributed by atoms with van der Waals surface area (Å²) in [5.41, 5.74) is 0. The zero-order valence-electron chi connectivity index (χ0n) is 11.0. The van der Waals surface area contributed by atoms with Crippen LogP contribution >= 0.6 is 0 Å². The van der Waals surface area contributed by atoms with Gasteiger partial charge in [0.05, 0.1) is 0 Å². The summed E-state index contributed by atoms with van der Waals surface area (Å²) in [6.45, 7) is 1.07. The third-order valence-electron chi connectivity index (χ3n) is 4.18. The molecule has 0 spiro atoms. The number of rotatable bonds is 4. The van der Waals surface area contributed by atoms with Crippen molar-refractivity contribution in [3.05, 3.63) is 0 Å². The Balaban J connectivity index is 1.93. The van der Waals surface area contributed by atoms with E-state index >= 15 is 0 Å². The van der Waals surface area contributed by atoms with Crippen molar-refractivity contribution in [2.45, 2.75) is 38.1 Å². The molecule has 0 aromatic rings. The third-order valence-corrected chi connectivity index (χ3v) is 4.18. The second-order valence-corrected chi connectivity index (χ2v) is 5.33. The number of urea groups is 1. The highest BCUT2D eigenvalue weighted by Gasteiger charge is 2.49. The van der Waals surface area contributed by atoms with Crippen LogP contribution in [0.1, 0.15) is 32.1 Å². The number of nitrogens with one attached hydrogen (secondary N) is 1. The molecule has 5 heteroatoms. The van der Waals surface area contributed by atoms with Gasteiger partial charge in [-0.05, 0) is 31.1 Å². The lowest BCUT2D eigenvalue weighted by molar-refractivity contribution is -0.142. The summed E-state index contributed by atoms with van der Waals surface area (Å²) in [5, 5.41) is 12.1. The molecule has 19 heavy (non-hydrogen) atoms. The van der Waals surface area contributed by atoms with Gasteiger partial charge < -0.3 is 15.3 Å². The lowest BCUT2D eigenvalue weighted by Gasteiger charge is -2.24. The van der Waals surface area contributed by atoms with Crippen LogP contribution in [0.2, 0.25) is 0 Å². The Morgan fingerprint density at radius 3 is 2.89 bits per heavy atom. The minimum atomic E-state index is -0.881. The van der Waals surface area contributed by atoms with Crippen molar-refractivity contribution in [3.63, 3.8) is 0 Å². The largest absolute Gasteiger partial charge is 0.480 e. The van der Waals surface area contributed by atoms with E-state index in [0.717, 1.165) is 25.7 Å². The number of carboxylic acids is 1. The number of likely N-dealkylation sites (tertiary alicyclic amines) is 1. The summed E-state index contributed by atoms with van der Waals surface area (Å²) < 4.78 is 0. The molecule has 3 unspecified atom stereocenters. The quantitative estimate of drug-likeness (QED) is 0.594. The summed E-state index contributed by atoms with van der Waals surface area (Å²) in [6.07, 6.45) is 9.52. The summed E-state index contributed by atoms with van der Waals surface area (Å²) in [6, 6.07) is -0.918. The average molecular weight is 264 g/mol. The number of terminal acetylenes is 1. The van der Waals surface area contributed by atoms with Crippen LogP contribution in [-0.4, -0.2) is 41.1 Å². The molecule has 2 rings (SSSR count). The molecule has 2 N–H and O–H groups in total. The van der Waals surface area contributed by atoms with Gasteiger partial charge in [-0.1, -0.05) is 6.42 Å². The van der Waals surface area contributed by atoms with E-state index in [4.69, 9.17) is 6.42 Å². The van der Waals surface area contributed by atoms with Gasteiger partial charge in [0, 0.05) is 19.5 Å². The minimum absolute atomic E-state index is 0.133. The smallest absolute Gasteiger partial charge is 0.326 e. The normalized spacial score (nSPS) is 28.8. The molecule has 1 aliphatic heterocycles. The number of fused-ring (bicyclic) bond motifs is 1. The fraction of sp³-hybridized carbons (Fsp3) is 0.714. The van der Waals surface area contributed by atoms with Crippen molar-refractivity contribution in [1.29, 1.82) is 0 Å². The first kappa shape index (κ1) is 13.7. The number of aliphatic carboxylic acids is 1. The monoisotopic (exact) mass is 264 g/mol. The van der Waals surface area contributed by atoms with Gasteiger partial charge in [-0.3, -0.25) is 0 Å². The van der Waals surface area contributed by atoms with E-state index < -0.39 is 12.0 Å².